The predicted molar refractivity (Wildman–Crippen MR) is 302 cm³/mol. The number of nitrogens with zero attached hydrogens (tertiary/aromatic N) is 2. The minimum absolute atomic E-state index is 0.0800. The molecule has 1 aromatic heterocycles. The van der Waals surface area contributed by atoms with Crippen LogP contribution in [0.4, 0.5) is 9.59 Å². The summed E-state index contributed by atoms with van der Waals surface area (Å²) in [5, 5.41) is 22.2. The molecule has 23 heteroatoms. The summed E-state index contributed by atoms with van der Waals surface area (Å²) in [4.78, 5) is 59.6. The number of hydrogen-bond donors (Lipinski definition) is 5. The van der Waals surface area contributed by atoms with Crippen molar-refractivity contribution in [2.45, 2.75) is 78.7 Å². The molecule has 0 radical (unpaired) electrons. The molecule has 23 nitrogen and oxygen atoms in total. The number of benzene rings is 2. The molecule has 0 aliphatic carbocycles. The van der Waals surface area contributed by atoms with Gasteiger partial charge >= 0.3 is 12.2 Å². The van der Waals surface area contributed by atoms with E-state index in [0.29, 0.717) is 92.5 Å². The largest absolute Gasteiger partial charge is 0.447 e. The van der Waals surface area contributed by atoms with E-state index < -0.39 is 59.1 Å². The topological polar surface area (TPSA) is 264 Å². The number of carbonyl (C=O) groups excluding carboxylic acids is 4. The Kier molecular flexibility index (Phi) is 35.8. The number of hydrazine groups is 1. The van der Waals surface area contributed by atoms with Crippen LogP contribution in [0.25, 0.3) is 11.3 Å². The van der Waals surface area contributed by atoms with Crippen LogP contribution in [0.3, 0.4) is 0 Å². The van der Waals surface area contributed by atoms with E-state index in [4.69, 9.17) is 56.8 Å². The Morgan fingerprint density at radius 1 is 0.494 bits per heavy atom. The lowest BCUT2D eigenvalue weighted by Crippen LogP contribution is -2.61. The number of pyridine rings is 1. The number of amides is 4. The fraction of sp³-hybridized carbons (Fsp3) is 0.638. The average molecular weight is 1150 g/mol. The Hall–Kier alpha value is -5.41. The normalized spacial score (nSPS) is 13.3. The van der Waals surface area contributed by atoms with Crippen molar-refractivity contribution in [1.29, 1.82) is 0 Å². The lowest BCUT2D eigenvalue weighted by Gasteiger charge is -2.36. The van der Waals surface area contributed by atoms with E-state index >= 15 is 0 Å². The third kappa shape index (κ3) is 32.1. The zero-order chi connectivity index (χ0) is 59.0. The first kappa shape index (κ1) is 69.9. The van der Waals surface area contributed by atoms with Crippen molar-refractivity contribution >= 4 is 24.0 Å². The van der Waals surface area contributed by atoms with Crippen LogP contribution in [0.1, 0.15) is 52.7 Å². The number of ether oxygens (including phenoxy) is 12. The van der Waals surface area contributed by atoms with Crippen molar-refractivity contribution in [2.24, 2.45) is 10.8 Å². The Balaban J connectivity index is 1.65. The summed E-state index contributed by atoms with van der Waals surface area (Å²) in [5.41, 5.74) is 4.57. The van der Waals surface area contributed by atoms with E-state index in [9.17, 15) is 24.3 Å². The van der Waals surface area contributed by atoms with Crippen LogP contribution in [0.15, 0.2) is 79.0 Å². The Labute approximate surface area is 478 Å². The van der Waals surface area contributed by atoms with Crippen molar-refractivity contribution in [3.8, 4) is 11.3 Å². The number of aliphatic hydroxyl groups excluding tert-OH is 1. The summed E-state index contributed by atoms with van der Waals surface area (Å²) in [6.45, 7) is 17.4. The molecule has 0 aliphatic rings. The summed E-state index contributed by atoms with van der Waals surface area (Å²) in [7, 11) is 3.23. The van der Waals surface area contributed by atoms with Crippen molar-refractivity contribution in [1.82, 2.24) is 31.4 Å². The lowest BCUT2D eigenvalue weighted by atomic mass is 9.85. The molecule has 4 atom stereocenters. The first-order chi connectivity index (χ1) is 39.0. The number of nitrogens with one attached hydrogen (secondary N) is 4. The van der Waals surface area contributed by atoms with Gasteiger partial charge in [0.25, 0.3) is 5.91 Å². The van der Waals surface area contributed by atoms with Crippen LogP contribution >= 0.6 is 0 Å². The van der Waals surface area contributed by atoms with Crippen LogP contribution in [-0.4, -0.2) is 216 Å². The van der Waals surface area contributed by atoms with Crippen molar-refractivity contribution in [3.05, 3.63) is 90.1 Å². The zero-order valence-corrected chi connectivity index (χ0v) is 49.0. The van der Waals surface area contributed by atoms with Gasteiger partial charge in [0.2, 0.25) is 5.91 Å². The molecule has 0 spiro atoms. The zero-order valence-electron chi connectivity index (χ0n) is 49.0. The summed E-state index contributed by atoms with van der Waals surface area (Å²) < 4.78 is 64.4. The van der Waals surface area contributed by atoms with Crippen LogP contribution in [-0.2, 0) is 79.4 Å². The number of hydrogen-bond acceptors (Lipinski definition) is 19. The number of rotatable bonds is 44. The average Bonchev–Trinajstić information content (AvgIpc) is 3.44. The highest BCUT2D eigenvalue weighted by molar-refractivity contribution is 5.87. The minimum atomic E-state index is -1.31. The van der Waals surface area contributed by atoms with Gasteiger partial charge in [0.15, 0.2) is 0 Å². The van der Waals surface area contributed by atoms with Gasteiger partial charge in [-0.1, -0.05) is 102 Å². The molecule has 0 saturated heterocycles. The van der Waals surface area contributed by atoms with Gasteiger partial charge in [-0.2, -0.15) is 0 Å². The highest BCUT2D eigenvalue weighted by atomic mass is 16.6. The molecule has 456 valence electrons. The van der Waals surface area contributed by atoms with Gasteiger partial charge in [0.05, 0.1) is 137 Å². The van der Waals surface area contributed by atoms with E-state index in [1.807, 2.05) is 72.8 Å². The summed E-state index contributed by atoms with van der Waals surface area (Å²) in [5.74, 6) is -1.15. The molecule has 0 aliphatic heterocycles. The van der Waals surface area contributed by atoms with Gasteiger partial charge in [-0.3, -0.25) is 20.0 Å². The molecule has 0 bridgehead atoms. The van der Waals surface area contributed by atoms with Gasteiger partial charge in [-0.25, -0.2) is 14.6 Å². The highest BCUT2D eigenvalue weighted by Gasteiger charge is 2.37. The molecule has 2 aromatic carbocycles. The summed E-state index contributed by atoms with van der Waals surface area (Å²) in [6, 6.07) is 19.4. The monoisotopic (exact) mass is 1140 g/mol. The van der Waals surface area contributed by atoms with Crippen LogP contribution in [0, 0.1) is 10.8 Å². The predicted octanol–water partition coefficient (Wildman–Crippen LogP) is 4.38. The maximum Gasteiger partial charge on any atom is 0.407 e. The van der Waals surface area contributed by atoms with E-state index in [2.05, 4.69) is 26.4 Å². The Morgan fingerprint density at radius 2 is 0.901 bits per heavy atom. The molecule has 81 heavy (non-hydrogen) atoms. The van der Waals surface area contributed by atoms with E-state index in [-0.39, 0.29) is 59.2 Å². The Morgan fingerprint density at radius 3 is 1.31 bits per heavy atom. The highest BCUT2D eigenvalue weighted by Crippen LogP contribution is 2.23. The van der Waals surface area contributed by atoms with Gasteiger partial charge in [0, 0.05) is 39.1 Å². The van der Waals surface area contributed by atoms with Crippen molar-refractivity contribution in [2.75, 3.05) is 153 Å². The van der Waals surface area contributed by atoms with Gasteiger partial charge < -0.3 is 77.9 Å². The molecular weight excluding hydrogens is 1050 g/mol. The second-order valence-electron chi connectivity index (χ2n) is 20.7. The number of methoxy groups -OCH3 is 2. The molecule has 0 fully saturated rings. The van der Waals surface area contributed by atoms with E-state index in [1.165, 1.54) is 0 Å². The molecule has 1 heterocycles. The maximum atomic E-state index is 14.4. The van der Waals surface area contributed by atoms with Gasteiger partial charge in [-0.15, -0.1) is 0 Å². The molecular formula is C58H92N6O17. The van der Waals surface area contributed by atoms with Gasteiger partial charge in [-0.05, 0) is 40.5 Å². The second kappa shape index (κ2) is 41.6. The number of alkyl carbamates (subject to hydrolysis) is 2. The molecule has 4 amide bonds. The summed E-state index contributed by atoms with van der Waals surface area (Å²) in [6.07, 6.45) is -1.07. The molecule has 3 rings (SSSR count). The standard InChI is InChI=1S/C58H92N6O17/c1-57(2,3)51(61-55(68)80-40-38-78-36-34-76-32-30-74-28-26-72-24-22-70-7)53(66)60-49(42-45-14-10-9-11-15-45)50(65)44-64(43-46-17-19-47(20-18-46)48-16-12-13-21-59-48)63-54(67)52(58(4,5)6)62-56(69)81-41-39-79-37-35-77-33-31-75-29-27-73-25-23-71-8/h9-21,49-52,65H,22-44H2,1-8H3,(H,60,66)(H,61,68)(H,62,69)(H,63,67)/t49?,50-,51-,52-/m0/s1. The third-order valence-corrected chi connectivity index (χ3v) is 11.9. The quantitative estimate of drug-likeness (QED) is 0.0389. The second-order valence-corrected chi connectivity index (χ2v) is 20.7. The fourth-order valence-corrected chi connectivity index (χ4v) is 7.54. The minimum Gasteiger partial charge on any atom is -0.447 e. The van der Waals surface area contributed by atoms with E-state index in [1.54, 1.807) is 67.0 Å². The maximum absolute atomic E-state index is 14.4. The van der Waals surface area contributed by atoms with Crippen molar-refractivity contribution in [3.63, 3.8) is 0 Å². The number of carbonyl (C=O) groups is 4. The van der Waals surface area contributed by atoms with E-state index in [0.717, 1.165) is 22.4 Å². The van der Waals surface area contributed by atoms with Gasteiger partial charge in [0.1, 0.15) is 25.3 Å². The number of aliphatic hydroxyl groups is 1. The molecule has 5 N–H and O–H groups in total. The van der Waals surface area contributed by atoms with Crippen molar-refractivity contribution < 1.29 is 81.1 Å². The third-order valence-electron chi connectivity index (χ3n) is 11.9. The molecule has 0 saturated carbocycles. The lowest BCUT2D eigenvalue weighted by molar-refractivity contribution is -0.132. The van der Waals surface area contributed by atoms with Crippen LogP contribution in [0.5, 0.6) is 0 Å². The fourth-order valence-electron chi connectivity index (χ4n) is 7.54. The molecule has 3 aromatic rings. The SMILES string of the molecule is COCCOCCOCCOCCOCCOC(=O)N[C@@H](C(=O)NC(Cc1ccccc1)[C@@H](O)CN(Cc1ccc(-c2ccccn2)cc1)NC(=O)[C@H](NC(=O)OCCOCCOCCOCCOCCOC)C(C)(C)C)C(C)(C)C. The number of aromatic nitrogens is 1. The first-order valence-electron chi connectivity index (χ1n) is 27.6. The van der Waals surface area contributed by atoms with Crippen LogP contribution in [0.2, 0.25) is 0 Å². The molecule has 1 unspecified atom stereocenters. The summed E-state index contributed by atoms with van der Waals surface area (Å²) >= 11 is 0. The Bertz CT molecular complexity index is 2120. The van der Waals surface area contributed by atoms with Crippen LogP contribution < -0.4 is 21.4 Å². The first-order valence-corrected chi connectivity index (χ1v) is 27.6. The smallest absolute Gasteiger partial charge is 0.407 e.